The largest absolute Gasteiger partial charge is 0.480 e. The van der Waals surface area contributed by atoms with Crippen molar-refractivity contribution in [3.63, 3.8) is 0 Å². The van der Waals surface area contributed by atoms with Crippen molar-refractivity contribution in [1.82, 2.24) is 0 Å². The first-order valence-electron chi connectivity index (χ1n) is 6.17. The number of urea groups is 1. The number of nitrogens with one attached hydrogen (secondary N) is 1. The van der Waals surface area contributed by atoms with Gasteiger partial charge in [0, 0.05) is 11.4 Å². The number of halogens is 1. The lowest BCUT2D eigenvalue weighted by Crippen LogP contribution is -2.38. The molecule has 2 amide bonds. The van der Waals surface area contributed by atoms with Gasteiger partial charge in [-0.05, 0) is 30.3 Å². The van der Waals surface area contributed by atoms with E-state index >= 15 is 0 Å². The molecule has 0 fully saturated rings. The molecular formula is C15H13FN2O3. The number of carboxylic acids is 1. The molecule has 0 aliphatic heterocycles. The normalized spacial score (nSPS) is 9.95. The summed E-state index contributed by atoms with van der Waals surface area (Å²) >= 11 is 0. The molecule has 0 aliphatic carbocycles. The van der Waals surface area contributed by atoms with E-state index in [0.29, 0.717) is 5.69 Å². The first kappa shape index (κ1) is 14.5. The number of carbonyl (C=O) groups is 2. The number of carboxylic acid groups (broad SMARTS) is 1. The molecule has 0 saturated carbocycles. The van der Waals surface area contributed by atoms with Gasteiger partial charge in [-0.25, -0.2) is 9.18 Å². The number of carbonyl (C=O) groups excluding carboxylic acids is 1. The number of hydrogen-bond donors (Lipinski definition) is 2. The fourth-order valence-corrected chi connectivity index (χ4v) is 1.78. The van der Waals surface area contributed by atoms with Crippen molar-refractivity contribution >= 4 is 23.4 Å². The standard InChI is InChI=1S/C15H13FN2O3/c16-11-5-4-6-12(9-11)17-15(21)18(10-14(19)20)13-7-2-1-3-8-13/h1-9H,10H2,(H,17,21)(H,19,20). The first-order chi connectivity index (χ1) is 10.1. The molecule has 0 aromatic heterocycles. The first-order valence-corrected chi connectivity index (χ1v) is 6.17. The minimum Gasteiger partial charge on any atom is -0.480 e. The highest BCUT2D eigenvalue weighted by Gasteiger charge is 2.18. The Kier molecular flexibility index (Phi) is 4.50. The monoisotopic (exact) mass is 288 g/mol. The average molecular weight is 288 g/mol. The molecule has 0 aliphatic rings. The van der Waals surface area contributed by atoms with Crippen LogP contribution in [-0.4, -0.2) is 23.7 Å². The quantitative estimate of drug-likeness (QED) is 0.908. The predicted molar refractivity (Wildman–Crippen MR) is 76.8 cm³/mol. The van der Waals surface area contributed by atoms with Crippen LogP contribution in [0.25, 0.3) is 0 Å². The number of aliphatic carboxylic acids is 1. The van der Waals surface area contributed by atoms with E-state index in [1.165, 1.54) is 18.2 Å². The van der Waals surface area contributed by atoms with Crippen LogP contribution in [0.3, 0.4) is 0 Å². The third kappa shape index (κ3) is 4.04. The van der Waals surface area contributed by atoms with Gasteiger partial charge in [-0.1, -0.05) is 24.3 Å². The van der Waals surface area contributed by atoms with E-state index in [1.807, 2.05) is 0 Å². The van der Waals surface area contributed by atoms with Crippen molar-refractivity contribution in [2.45, 2.75) is 0 Å². The zero-order chi connectivity index (χ0) is 15.2. The number of hydrogen-bond acceptors (Lipinski definition) is 2. The average Bonchev–Trinajstić information content (AvgIpc) is 2.45. The fourth-order valence-electron chi connectivity index (χ4n) is 1.78. The van der Waals surface area contributed by atoms with Crippen molar-refractivity contribution in [3.8, 4) is 0 Å². The Morgan fingerprint density at radius 1 is 1.10 bits per heavy atom. The molecule has 21 heavy (non-hydrogen) atoms. The lowest BCUT2D eigenvalue weighted by Gasteiger charge is -2.21. The Morgan fingerprint density at radius 3 is 2.43 bits per heavy atom. The molecule has 2 aromatic rings. The van der Waals surface area contributed by atoms with Gasteiger partial charge in [0.05, 0.1) is 0 Å². The molecule has 0 heterocycles. The second kappa shape index (κ2) is 6.51. The second-order valence-electron chi connectivity index (χ2n) is 4.26. The molecule has 0 bridgehead atoms. The smallest absolute Gasteiger partial charge is 0.326 e. The number of para-hydroxylation sites is 1. The van der Waals surface area contributed by atoms with Crippen molar-refractivity contribution in [1.29, 1.82) is 0 Å². The summed E-state index contributed by atoms with van der Waals surface area (Å²) in [4.78, 5) is 24.2. The fraction of sp³-hybridized carbons (Fsp3) is 0.0667. The molecule has 108 valence electrons. The summed E-state index contributed by atoms with van der Waals surface area (Å²) in [6.07, 6.45) is 0. The molecule has 0 spiro atoms. The van der Waals surface area contributed by atoms with Gasteiger partial charge in [0.1, 0.15) is 12.4 Å². The van der Waals surface area contributed by atoms with Crippen molar-refractivity contribution in [2.24, 2.45) is 0 Å². The molecule has 0 saturated heterocycles. The summed E-state index contributed by atoms with van der Waals surface area (Å²) in [7, 11) is 0. The maximum atomic E-state index is 13.1. The minimum absolute atomic E-state index is 0.256. The summed E-state index contributed by atoms with van der Waals surface area (Å²) in [5.41, 5.74) is 0.695. The van der Waals surface area contributed by atoms with E-state index in [4.69, 9.17) is 5.11 Å². The minimum atomic E-state index is -1.15. The van der Waals surface area contributed by atoms with Gasteiger partial charge in [-0.15, -0.1) is 0 Å². The summed E-state index contributed by atoms with van der Waals surface area (Å²) in [5.74, 6) is -1.63. The highest BCUT2D eigenvalue weighted by molar-refractivity contribution is 6.04. The van der Waals surface area contributed by atoms with Crippen LogP contribution in [0.5, 0.6) is 0 Å². The zero-order valence-electron chi connectivity index (χ0n) is 11.0. The van der Waals surface area contributed by atoms with Gasteiger partial charge in [0.15, 0.2) is 0 Å². The van der Waals surface area contributed by atoms with E-state index in [9.17, 15) is 14.0 Å². The van der Waals surface area contributed by atoms with E-state index < -0.39 is 24.4 Å². The summed E-state index contributed by atoms with van der Waals surface area (Å²) < 4.78 is 13.1. The third-order valence-corrected chi connectivity index (χ3v) is 2.68. The Labute approximate surface area is 120 Å². The Balaban J connectivity index is 2.20. The number of nitrogens with zero attached hydrogens (tertiary/aromatic N) is 1. The van der Waals surface area contributed by atoms with Crippen molar-refractivity contribution in [3.05, 3.63) is 60.4 Å². The van der Waals surface area contributed by atoms with Gasteiger partial charge in [0.2, 0.25) is 0 Å². The van der Waals surface area contributed by atoms with Crippen LogP contribution in [0.15, 0.2) is 54.6 Å². The molecule has 6 heteroatoms. The van der Waals surface area contributed by atoms with Gasteiger partial charge in [-0.2, -0.15) is 0 Å². The van der Waals surface area contributed by atoms with Crippen LogP contribution < -0.4 is 10.2 Å². The van der Waals surface area contributed by atoms with E-state index in [1.54, 1.807) is 30.3 Å². The number of rotatable bonds is 4. The lowest BCUT2D eigenvalue weighted by molar-refractivity contribution is -0.135. The van der Waals surface area contributed by atoms with Gasteiger partial charge in [0.25, 0.3) is 0 Å². The molecule has 2 N–H and O–H groups in total. The zero-order valence-corrected chi connectivity index (χ0v) is 11.0. The van der Waals surface area contributed by atoms with Gasteiger partial charge in [-0.3, -0.25) is 9.69 Å². The molecule has 0 unspecified atom stereocenters. The SMILES string of the molecule is O=C(O)CN(C(=O)Nc1cccc(F)c1)c1ccccc1. The summed E-state index contributed by atoms with van der Waals surface area (Å²) in [6, 6.07) is 13.1. The van der Waals surface area contributed by atoms with E-state index in [0.717, 1.165) is 11.0 Å². The molecule has 2 rings (SSSR count). The molecule has 5 nitrogen and oxygen atoms in total. The topological polar surface area (TPSA) is 69.6 Å². The van der Waals surface area contributed by atoms with E-state index in [2.05, 4.69) is 5.32 Å². The molecule has 0 radical (unpaired) electrons. The van der Waals surface area contributed by atoms with Crippen LogP contribution >= 0.6 is 0 Å². The van der Waals surface area contributed by atoms with E-state index in [-0.39, 0.29) is 5.69 Å². The van der Waals surface area contributed by atoms with Crippen molar-refractivity contribution in [2.75, 3.05) is 16.8 Å². The Morgan fingerprint density at radius 2 is 1.81 bits per heavy atom. The maximum absolute atomic E-state index is 13.1. The maximum Gasteiger partial charge on any atom is 0.326 e. The highest BCUT2D eigenvalue weighted by Crippen LogP contribution is 2.16. The second-order valence-corrected chi connectivity index (χ2v) is 4.26. The van der Waals surface area contributed by atoms with Crippen LogP contribution in [0.4, 0.5) is 20.6 Å². The molecule has 0 atom stereocenters. The van der Waals surface area contributed by atoms with Crippen molar-refractivity contribution < 1.29 is 19.1 Å². The predicted octanol–water partition coefficient (Wildman–Crippen LogP) is 2.95. The summed E-state index contributed by atoms with van der Waals surface area (Å²) in [5, 5.41) is 11.4. The Hall–Kier alpha value is -2.89. The van der Waals surface area contributed by atoms with Gasteiger partial charge < -0.3 is 10.4 Å². The third-order valence-electron chi connectivity index (χ3n) is 2.68. The highest BCUT2D eigenvalue weighted by atomic mass is 19.1. The van der Waals surface area contributed by atoms with Crippen LogP contribution in [0, 0.1) is 5.82 Å². The Bertz CT molecular complexity index is 646. The number of amides is 2. The number of anilines is 2. The summed E-state index contributed by atoms with van der Waals surface area (Å²) in [6.45, 7) is -0.495. The van der Waals surface area contributed by atoms with Crippen LogP contribution in [0.1, 0.15) is 0 Å². The van der Waals surface area contributed by atoms with Gasteiger partial charge >= 0.3 is 12.0 Å². The molecule has 2 aromatic carbocycles. The lowest BCUT2D eigenvalue weighted by atomic mass is 10.3. The number of benzene rings is 2. The van der Waals surface area contributed by atoms with Crippen LogP contribution in [0.2, 0.25) is 0 Å². The van der Waals surface area contributed by atoms with Crippen LogP contribution in [-0.2, 0) is 4.79 Å². The molecular weight excluding hydrogens is 275 g/mol.